The number of fused-ring (bicyclic) bond motifs is 1. The number of amides is 1. The summed E-state index contributed by atoms with van der Waals surface area (Å²) in [4.78, 5) is 30.0. The number of nitrogens with one attached hydrogen (secondary N) is 2. The molecule has 6 nitrogen and oxygen atoms in total. The van der Waals surface area contributed by atoms with Crippen LogP contribution in [-0.4, -0.2) is 27.0 Å². The molecule has 2 aromatic heterocycles. The molecule has 0 aliphatic rings. The number of rotatable bonds is 3. The highest BCUT2D eigenvalue weighted by molar-refractivity contribution is 6.12. The lowest BCUT2D eigenvalue weighted by Gasteiger charge is -2.04. The zero-order chi connectivity index (χ0) is 14.8. The van der Waals surface area contributed by atoms with Crippen LogP contribution >= 0.6 is 0 Å². The van der Waals surface area contributed by atoms with E-state index in [1.54, 1.807) is 12.3 Å². The number of carbonyl (C=O) groups excluding carboxylic acids is 1. The number of carbonyl (C=O) groups is 2. The van der Waals surface area contributed by atoms with Crippen molar-refractivity contribution >= 4 is 28.6 Å². The molecule has 0 spiro atoms. The number of aromatic carboxylic acids is 1. The van der Waals surface area contributed by atoms with Gasteiger partial charge in [-0.2, -0.15) is 0 Å². The highest BCUT2D eigenvalue weighted by atomic mass is 16.4. The summed E-state index contributed by atoms with van der Waals surface area (Å²) in [5, 5.41) is 12.3. The van der Waals surface area contributed by atoms with Crippen LogP contribution in [0.15, 0.2) is 48.7 Å². The second kappa shape index (κ2) is 5.09. The number of H-pyrrole nitrogens is 1. The average molecular weight is 281 g/mol. The van der Waals surface area contributed by atoms with Gasteiger partial charge in [0.15, 0.2) is 5.69 Å². The molecule has 1 aromatic carbocycles. The van der Waals surface area contributed by atoms with E-state index in [-0.39, 0.29) is 17.4 Å². The predicted octanol–water partition coefficient (Wildman–Crippen LogP) is 2.51. The maximum absolute atomic E-state index is 12.3. The molecule has 21 heavy (non-hydrogen) atoms. The van der Waals surface area contributed by atoms with Crippen LogP contribution in [-0.2, 0) is 0 Å². The Kier molecular flexibility index (Phi) is 3.12. The summed E-state index contributed by atoms with van der Waals surface area (Å²) in [6.07, 6.45) is 1.61. The van der Waals surface area contributed by atoms with Crippen LogP contribution in [0.1, 0.15) is 20.8 Å². The van der Waals surface area contributed by atoms with Crippen molar-refractivity contribution in [1.29, 1.82) is 0 Å². The number of aromatic amines is 1. The van der Waals surface area contributed by atoms with Crippen LogP contribution in [0.4, 0.5) is 5.82 Å². The van der Waals surface area contributed by atoms with Crippen LogP contribution in [0.25, 0.3) is 10.9 Å². The van der Waals surface area contributed by atoms with E-state index < -0.39 is 5.97 Å². The molecule has 0 aliphatic heterocycles. The van der Waals surface area contributed by atoms with E-state index in [0.29, 0.717) is 5.56 Å². The van der Waals surface area contributed by atoms with E-state index >= 15 is 0 Å². The fourth-order valence-corrected chi connectivity index (χ4v) is 2.07. The van der Waals surface area contributed by atoms with Crippen molar-refractivity contribution in [2.24, 2.45) is 0 Å². The molecule has 3 rings (SSSR count). The molecule has 0 aliphatic carbocycles. The fraction of sp³-hybridized carbons (Fsp3) is 0. The van der Waals surface area contributed by atoms with Crippen LogP contribution in [0.5, 0.6) is 0 Å². The number of pyridine rings is 1. The van der Waals surface area contributed by atoms with Gasteiger partial charge >= 0.3 is 5.97 Å². The number of carboxylic acid groups (broad SMARTS) is 1. The van der Waals surface area contributed by atoms with Gasteiger partial charge in [0.1, 0.15) is 5.82 Å². The van der Waals surface area contributed by atoms with Crippen LogP contribution in [0.2, 0.25) is 0 Å². The highest BCUT2D eigenvalue weighted by Crippen LogP contribution is 2.18. The number of para-hydroxylation sites is 1. The summed E-state index contributed by atoms with van der Waals surface area (Å²) in [5.74, 6) is -1.29. The van der Waals surface area contributed by atoms with Crippen LogP contribution in [0, 0.1) is 0 Å². The summed E-state index contributed by atoms with van der Waals surface area (Å²) in [5.41, 5.74) is 1.22. The first-order chi connectivity index (χ1) is 10.1. The molecule has 0 fully saturated rings. The van der Waals surface area contributed by atoms with Gasteiger partial charge in [0, 0.05) is 17.1 Å². The topological polar surface area (TPSA) is 95.1 Å². The first kappa shape index (κ1) is 12.9. The van der Waals surface area contributed by atoms with Gasteiger partial charge in [-0.15, -0.1) is 0 Å². The first-order valence-electron chi connectivity index (χ1n) is 6.23. The number of aromatic nitrogens is 2. The molecule has 2 heterocycles. The van der Waals surface area contributed by atoms with E-state index in [0.717, 1.165) is 10.9 Å². The largest absolute Gasteiger partial charge is 0.477 e. The lowest BCUT2D eigenvalue weighted by molar-refractivity contribution is 0.0690. The Morgan fingerprint density at radius 2 is 1.90 bits per heavy atom. The number of nitrogens with zero attached hydrogens (tertiary/aromatic N) is 1. The second-order valence-electron chi connectivity index (χ2n) is 4.42. The standard InChI is InChI=1S/C15H11N3O3/c19-14(10-8-16-11-5-2-1-4-9(10)11)18-13-7-3-6-12(17-13)15(20)21/h1-8,16H,(H,20,21)(H,17,18,19). The Balaban J connectivity index is 1.90. The molecular weight excluding hydrogens is 270 g/mol. The van der Waals surface area contributed by atoms with Gasteiger partial charge in [0.2, 0.25) is 0 Å². The number of hydrogen-bond acceptors (Lipinski definition) is 3. The summed E-state index contributed by atoms with van der Waals surface area (Å²) in [6.45, 7) is 0. The second-order valence-corrected chi connectivity index (χ2v) is 4.42. The Morgan fingerprint density at radius 3 is 2.71 bits per heavy atom. The zero-order valence-corrected chi connectivity index (χ0v) is 10.8. The third-order valence-electron chi connectivity index (χ3n) is 3.04. The molecule has 6 heteroatoms. The smallest absolute Gasteiger partial charge is 0.354 e. The lowest BCUT2D eigenvalue weighted by Crippen LogP contribution is -2.13. The van der Waals surface area contributed by atoms with E-state index in [2.05, 4.69) is 15.3 Å². The lowest BCUT2D eigenvalue weighted by atomic mass is 10.1. The SMILES string of the molecule is O=C(O)c1cccc(NC(=O)c2c[nH]c3ccccc23)n1. The number of anilines is 1. The quantitative estimate of drug-likeness (QED) is 0.687. The van der Waals surface area contributed by atoms with Crippen molar-refractivity contribution in [3.8, 4) is 0 Å². The van der Waals surface area contributed by atoms with Gasteiger partial charge in [0.05, 0.1) is 5.56 Å². The van der Waals surface area contributed by atoms with Crippen molar-refractivity contribution in [1.82, 2.24) is 9.97 Å². The number of hydrogen-bond donors (Lipinski definition) is 3. The minimum absolute atomic E-state index is 0.119. The third kappa shape index (κ3) is 2.46. The van der Waals surface area contributed by atoms with Gasteiger partial charge in [-0.3, -0.25) is 4.79 Å². The van der Waals surface area contributed by atoms with E-state index in [1.807, 2.05) is 24.3 Å². The summed E-state index contributed by atoms with van der Waals surface area (Å²) in [7, 11) is 0. The molecule has 3 N–H and O–H groups in total. The molecule has 0 bridgehead atoms. The summed E-state index contributed by atoms with van der Waals surface area (Å²) in [6, 6.07) is 11.9. The van der Waals surface area contributed by atoms with Crippen molar-refractivity contribution in [2.45, 2.75) is 0 Å². The molecule has 3 aromatic rings. The Bertz CT molecular complexity index is 839. The number of carboxylic acids is 1. The maximum Gasteiger partial charge on any atom is 0.354 e. The first-order valence-corrected chi connectivity index (χ1v) is 6.23. The van der Waals surface area contributed by atoms with Crippen molar-refractivity contribution in [3.05, 3.63) is 59.9 Å². The zero-order valence-electron chi connectivity index (χ0n) is 10.8. The van der Waals surface area contributed by atoms with E-state index in [1.165, 1.54) is 12.1 Å². The fourth-order valence-electron chi connectivity index (χ4n) is 2.07. The summed E-state index contributed by atoms with van der Waals surface area (Å²) < 4.78 is 0. The molecule has 0 radical (unpaired) electrons. The van der Waals surface area contributed by atoms with Crippen LogP contribution in [0.3, 0.4) is 0 Å². The Labute approximate surface area is 119 Å². The van der Waals surface area contributed by atoms with Crippen molar-refractivity contribution < 1.29 is 14.7 Å². The molecular formula is C15H11N3O3. The van der Waals surface area contributed by atoms with Gasteiger partial charge in [-0.25, -0.2) is 9.78 Å². The Morgan fingerprint density at radius 1 is 1.10 bits per heavy atom. The van der Waals surface area contributed by atoms with Gasteiger partial charge < -0.3 is 15.4 Å². The van der Waals surface area contributed by atoms with Crippen molar-refractivity contribution in [3.63, 3.8) is 0 Å². The minimum atomic E-state index is -1.14. The van der Waals surface area contributed by atoms with Crippen LogP contribution < -0.4 is 5.32 Å². The van der Waals surface area contributed by atoms with Gasteiger partial charge in [0.25, 0.3) is 5.91 Å². The monoisotopic (exact) mass is 281 g/mol. The van der Waals surface area contributed by atoms with E-state index in [9.17, 15) is 9.59 Å². The molecule has 104 valence electrons. The molecule has 0 atom stereocenters. The van der Waals surface area contributed by atoms with Crippen molar-refractivity contribution in [2.75, 3.05) is 5.32 Å². The minimum Gasteiger partial charge on any atom is -0.477 e. The Hall–Kier alpha value is -3.15. The summed E-state index contributed by atoms with van der Waals surface area (Å²) >= 11 is 0. The molecule has 0 saturated heterocycles. The predicted molar refractivity (Wildman–Crippen MR) is 77.4 cm³/mol. The average Bonchev–Trinajstić information content (AvgIpc) is 2.91. The van der Waals surface area contributed by atoms with Gasteiger partial charge in [-0.05, 0) is 18.2 Å². The van der Waals surface area contributed by atoms with E-state index in [4.69, 9.17) is 5.11 Å². The molecule has 1 amide bonds. The molecule has 0 saturated carbocycles. The maximum atomic E-state index is 12.3. The highest BCUT2D eigenvalue weighted by Gasteiger charge is 2.13. The number of benzene rings is 1. The third-order valence-corrected chi connectivity index (χ3v) is 3.04. The molecule has 0 unspecified atom stereocenters. The van der Waals surface area contributed by atoms with Gasteiger partial charge in [-0.1, -0.05) is 24.3 Å². The normalized spacial score (nSPS) is 10.5.